The van der Waals surface area contributed by atoms with Crippen molar-refractivity contribution in [3.05, 3.63) is 30.1 Å². The van der Waals surface area contributed by atoms with E-state index in [-0.39, 0.29) is 0 Å². The van der Waals surface area contributed by atoms with Crippen LogP contribution in [0, 0.1) is 0 Å². The SMILES string of the molecule is CCCCC(NCCC)C(C)c1ccccn1. The largest absolute Gasteiger partial charge is 0.313 e. The van der Waals surface area contributed by atoms with Crippen LogP contribution in [0.25, 0.3) is 0 Å². The summed E-state index contributed by atoms with van der Waals surface area (Å²) in [5, 5.41) is 3.66. The van der Waals surface area contributed by atoms with Crippen molar-refractivity contribution < 1.29 is 0 Å². The number of hydrogen-bond acceptors (Lipinski definition) is 2. The van der Waals surface area contributed by atoms with Crippen molar-refractivity contribution in [1.29, 1.82) is 0 Å². The lowest BCUT2D eigenvalue weighted by Gasteiger charge is -2.24. The first-order valence-corrected chi connectivity index (χ1v) is 6.93. The van der Waals surface area contributed by atoms with Crippen LogP contribution in [0.5, 0.6) is 0 Å². The van der Waals surface area contributed by atoms with E-state index in [0.29, 0.717) is 12.0 Å². The van der Waals surface area contributed by atoms with E-state index in [2.05, 4.69) is 43.2 Å². The minimum atomic E-state index is 0.495. The average Bonchev–Trinajstić information content (AvgIpc) is 2.39. The molecule has 1 rings (SSSR count). The number of pyridine rings is 1. The third kappa shape index (κ3) is 4.86. The van der Waals surface area contributed by atoms with Crippen molar-refractivity contribution in [1.82, 2.24) is 10.3 Å². The van der Waals surface area contributed by atoms with Gasteiger partial charge in [0.2, 0.25) is 0 Å². The van der Waals surface area contributed by atoms with Gasteiger partial charge in [-0.3, -0.25) is 4.98 Å². The van der Waals surface area contributed by atoms with Crippen LogP contribution in [0.2, 0.25) is 0 Å². The van der Waals surface area contributed by atoms with Crippen LogP contribution in [-0.4, -0.2) is 17.6 Å². The van der Waals surface area contributed by atoms with Crippen LogP contribution in [-0.2, 0) is 0 Å². The second kappa shape index (κ2) is 8.24. The fraction of sp³-hybridized carbons (Fsp3) is 0.667. The Kier molecular flexibility index (Phi) is 6.87. The molecule has 2 atom stereocenters. The van der Waals surface area contributed by atoms with E-state index in [1.807, 2.05) is 12.3 Å². The van der Waals surface area contributed by atoms with Gasteiger partial charge in [0.15, 0.2) is 0 Å². The van der Waals surface area contributed by atoms with Crippen molar-refractivity contribution in [3.8, 4) is 0 Å². The van der Waals surface area contributed by atoms with Crippen molar-refractivity contribution in [2.75, 3.05) is 6.54 Å². The average molecular weight is 234 g/mol. The second-order valence-electron chi connectivity index (χ2n) is 4.75. The molecule has 17 heavy (non-hydrogen) atoms. The predicted molar refractivity (Wildman–Crippen MR) is 74.3 cm³/mol. The lowest BCUT2D eigenvalue weighted by molar-refractivity contribution is 0.408. The topological polar surface area (TPSA) is 24.9 Å². The zero-order valence-electron chi connectivity index (χ0n) is 11.4. The molecule has 96 valence electrons. The molecular weight excluding hydrogens is 208 g/mol. The molecule has 0 radical (unpaired) electrons. The maximum Gasteiger partial charge on any atom is 0.0447 e. The molecule has 0 aromatic carbocycles. The maximum atomic E-state index is 4.48. The number of rotatable bonds is 8. The third-order valence-corrected chi connectivity index (χ3v) is 3.28. The molecule has 0 amide bonds. The van der Waals surface area contributed by atoms with Gasteiger partial charge in [-0.05, 0) is 31.5 Å². The van der Waals surface area contributed by atoms with Gasteiger partial charge in [-0.2, -0.15) is 0 Å². The van der Waals surface area contributed by atoms with Crippen molar-refractivity contribution in [3.63, 3.8) is 0 Å². The highest BCUT2D eigenvalue weighted by molar-refractivity contribution is 5.11. The zero-order chi connectivity index (χ0) is 12.5. The molecular formula is C15H26N2. The Morgan fingerprint density at radius 3 is 2.65 bits per heavy atom. The first-order chi connectivity index (χ1) is 8.29. The summed E-state index contributed by atoms with van der Waals surface area (Å²) in [6.07, 6.45) is 6.88. The summed E-state index contributed by atoms with van der Waals surface area (Å²) in [4.78, 5) is 4.48. The molecule has 0 aliphatic carbocycles. The minimum Gasteiger partial charge on any atom is -0.313 e. The molecule has 1 aromatic rings. The highest BCUT2D eigenvalue weighted by Crippen LogP contribution is 2.20. The fourth-order valence-corrected chi connectivity index (χ4v) is 2.13. The van der Waals surface area contributed by atoms with Crippen molar-refractivity contribution in [2.45, 2.75) is 58.4 Å². The van der Waals surface area contributed by atoms with Gasteiger partial charge in [0.1, 0.15) is 0 Å². The molecule has 0 bridgehead atoms. The summed E-state index contributed by atoms with van der Waals surface area (Å²) in [6.45, 7) is 7.86. The number of aromatic nitrogens is 1. The van der Waals surface area contributed by atoms with Gasteiger partial charge in [0.05, 0.1) is 0 Å². The number of hydrogen-bond donors (Lipinski definition) is 1. The molecule has 1 heterocycles. The molecule has 1 aromatic heterocycles. The lowest BCUT2D eigenvalue weighted by atomic mass is 9.93. The van der Waals surface area contributed by atoms with Gasteiger partial charge in [-0.1, -0.05) is 39.7 Å². The van der Waals surface area contributed by atoms with Crippen molar-refractivity contribution >= 4 is 0 Å². The monoisotopic (exact) mass is 234 g/mol. The molecule has 2 unspecified atom stereocenters. The molecule has 0 saturated carbocycles. The van der Waals surface area contributed by atoms with E-state index in [1.165, 1.54) is 31.4 Å². The van der Waals surface area contributed by atoms with Gasteiger partial charge in [-0.25, -0.2) is 0 Å². The molecule has 0 saturated heterocycles. The Hall–Kier alpha value is -0.890. The molecule has 0 aliphatic heterocycles. The number of nitrogens with zero attached hydrogens (tertiary/aromatic N) is 1. The Morgan fingerprint density at radius 1 is 1.24 bits per heavy atom. The highest BCUT2D eigenvalue weighted by Gasteiger charge is 2.18. The summed E-state index contributed by atoms with van der Waals surface area (Å²) < 4.78 is 0. The first kappa shape index (κ1) is 14.2. The van der Waals surface area contributed by atoms with Crippen LogP contribution < -0.4 is 5.32 Å². The summed E-state index contributed by atoms with van der Waals surface area (Å²) in [5.74, 6) is 0.495. The molecule has 2 nitrogen and oxygen atoms in total. The zero-order valence-corrected chi connectivity index (χ0v) is 11.4. The van der Waals surface area contributed by atoms with Crippen LogP contribution >= 0.6 is 0 Å². The van der Waals surface area contributed by atoms with E-state index >= 15 is 0 Å². The van der Waals surface area contributed by atoms with Gasteiger partial charge in [-0.15, -0.1) is 0 Å². The molecule has 2 heteroatoms. The normalized spacial score (nSPS) is 14.5. The smallest absolute Gasteiger partial charge is 0.0447 e. The Bertz CT molecular complexity index is 276. The Balaban J connectivity index is 2.61. The Labute approximate surface area is 106 Å². The summed E-state index contributed by atoms with van der Waals surface area (Å²) in [7, 11) is 0. The van der Waals surface area contributed by atoms with Gasteiger partial charge in [0, 0.05) is 23.9 Å². The van der Waals surface area contributed by atoms with Gasteiger partial charge >= 0.3 is 0 Å². The first-order valence-electron chi connectivity index (χ1n) is 6.93. The molecule has 0 fully saturated rings. The maximum absolute atomic E-state index is 4.48. The molecule has 0 spiro atoms. The fourth-order valence-electron chi connectivity index (χ4n) is 2.13. The third-order valence-electron chi connectivity index (χ3n) is 3.28. The quantitative estimate of drug-likeness (QED) is 0.741. The molecule has 0 aliphatic rings. The van der Waals surface area contributed by atoms with Crippen molar-refractivity contribution in [2.24, 2.45) is 0 Å². The van der Waals surface area contributed by atoms with Gasteiger partial charge < -0.3 is 5.32 Å². The van der Waals surface area contributed by atoms with E-state index in [4.69, 9.17) is 0 Å². The number of unbranched alkanes of at least 4 members (excludes halogenated alkanes) is 1. The summed E-state index contributed by atoms with van der Waals surface area (Å²) in [5.41, 5.74) is 1.21. The van der Waals surface area contributed by atoms with E-state index in [1.54, 1.807) is 0 Å². The molecule has 1 N–H and O–H groups in total. The van der Waals surface area contributed by atoms with E-state index in [9.17, 15) is 0 Å². The number of nitrogens with one attached hydrogen (secondary N) is 1. The predicted octanol–water partition coefficient (Wildman–Crippen LogP) is 3.74. The minimum absolute atomic E-state index is 0.495. The van der Waals surface area contributed by atoms with Crippen LogP contribution in [0.3, 0.4) is 0 Å². The van der Waals surface area contributed by atoms with Crippen LogP contribution in [0.4, 0.5) is 0 Å². The summed E-state index contributed by atoms with van der Waals surface area (Å²) in [6, 6.07) is 6.76. The highest BCUT2D eigenvalue weighted by atomic mass is 14.9. The Morgan fingerprint density at radius 2 is 2.06 bits per heavy atom. The standard InChI is InChI=1S/C15H26N2/c1-4-6-9-14(16-11-5-2)13(3)15-10-7-8-12-17-15/h7-8,10,12-14,16H,4-6,9,11H2,1-3H3. The van der Waals surface area contributed by atoms with Crippen LogP contribution in [0.15, 0.2) is 24.4 Å². The van der Waals surface area contributed by atoms with Gasteiger partial charge in [0.25, 0.3) is 0 Å². The summed E-state index contributed by atoms with van der Waals surface area (Å²) >= 11 is 0. The lowest BCUT2D eigenvalue weighted by Crippen LogP contribution is -2.34. The van der Waals surface area contributed by atoms with E-state index < -0.39 is 0 Å². The van der Waals surface area contributed by atoms with Crippen LogP contribution in [0.1, 0.15) is 58.1 Å². The second-order valence-corrected chi connectivity index (χ2v) is 4.75. The van der Waals surface area contributed by atoms with E-state index in [0.717, 1.165) is 6.54 Å².